The molecule has 0 aliphatic carbocycles. The van der Waals surface area contributed by atoms with Crippen LogP contribution in [0.3, 0.4) is 0 Å². The summed E-state index contributed by atoms with van der Waals surface area (Å²) in [7, 11) is 0. The molecule has 4 rings (SSSR count). The fourth-order valence-electron chi connectivity index (χ4n) is 2.76. The Balaban J connectivity index is 1.74. The van der Waals surface area contributed by atoms with Crippen molar-refractivity contribution >= 4 is 28.8 Å². The van der Waals surface area contributed by atoms with Crippen molar-refractivity contribution in [1.29, 1.82) is 0 Å². The Kier molecular flexibility index (Phi) is 4.14. The summed E-state index contributed by atoms with van der Waals surface area (Å²) in [6.07, 6.45) is 3.17. The molecule has 0 radical (unpaired) electrons. The molecule has 0 saturated carbocycles. The number of anilines is 1. The highest BCUT2D eigenvalue weighted by molar-refractivity contribution is 6.33. The third kappa shape index (κ3) is 2.93. The molecule has 0 bridgehead atoms. The lowest BCUT2D eigenvalue weighted by Crippen LogP contribution is -2.12. The van der Waals surface area contributed by atoms with Gasteiger partial charge in [-0.2, -0.15) is 5.10 Å². The van der Waals surface area contributed by atoms with E-state index in [0.29, 0.717) is 16.2 Å². The van der Waals surface area contributed by atoms with E-state index in [1.807, 2.05) is 61.5 Å². The van der Waals surface area contributed by atoms with Crippen LogP contribution in [0.25, 0.3) is 16.9 Å². The maximum atomic E-state index is 12.7. The van der Waals surface area contributed by atoms with Crippen LogP contribution >= 0.6 is 11.6 Å². The molecule has 0 fully saturated rings. The molecule has 2 aromatic heterocycles. The van der Waals surface area contributed by atoms with E-state index in [1.54, 1.807) is 10.7 Å². The lowest BCUT2D eigenvalue weighted by Gasteiger charge is -2.07. The summed E-state index contributed by atoms with van der Waals surface area (Å²) < 4.78 is 1.63. The first kappa shape index (κ1) is 16.3. The van der Waals surface area contributed by atoms with Crippen LogP contribution in [0.5, 0.6) is 0 Å². The molecular weight excluding hydrogens is 348 g/mol. The Hall–Kier alpha value is -3.18. The number of nitrogens with zero attached hydrogens (tertiary/aromatic N) is 3. The van der Waals surface area contributed by atoms with Gasteiger partial charge in [0, 0.05) is 22.5 Å². The monoisotopic (exact) mass is 362 g/mol. The molecule has 0 saturated heterocycles. The standard InChI is InChI=1S/C20H15ClN4O/c1-13-6-8-14(9-7-13)24-20(26)16-12-23-25-18(10-11-22-19(16)25)15-4-2-3-5-17(15)21/h2-12H,1H3,(H,24,26). The van der Waals surface area contributed by atoms with E-state index in [4.69, 9.17) is 11.6 Å². The molecule has 26 heavy (non-hydrogen) atoms. The smallest absolute Gasteiger partial charge is 0.261 e. The molecule has 5 nitrogen and oxygen atoms in total. The molecule has 0 aliphatic heterocycles. The number of nitrogens with one attached hydrogen (secondary N) is 1. The molecular formula is C20H15ClN4O. The van der Waals surface area contributed by atoms with Crippen LogP contribution < -0.4 is 5.32 Å². The fourth-order valence-corrected chi connectivity index (χ4v) is 2.99. The second-order valence-corrected chi connectivity index (χ2v) is 6.33. The van der Waals surface area contributed by atoms with Crippen molar-refractivity contribution in [3.8, 4) is 11.3 Å². The predicted molar refractivity (Wildman–Crippen MR) is 103 cm³/mol. The van der Waals surface area contributed by atoms with Crippen LogP contribution in [0, 0.1) is 6.92 Å². The minimum atomic E-state index is -0.257. The van der Waals surface area contributed by atoms with Crippen LogP contribution in [0.15, 0.2) is 67.0 Å². The summed E-state index contributed by atoms with van der Waals surface area (Å²) in [6.45, 7) is 2.00. The van der Waals surface area contributed by atoms with Crippen molar-refractivity contribution in [2.24, 2.45) is 0 Å². The molecule has 0 unspecified atom stereocenters. The van der Waals surface area contributed by atoms with E-state index in [1.165, 1.54) is 6.20 Å². The van der Waals surface area contributed by atoms with E-state index in [9.17, 15) is 4.79 Å². The number of hydrogen-bond donors (Lipinski definition) is 1. The van der Waals surface area contributed by atoms with Gasteiger partial charge in [-0.05, 0) is 31.2 Å². The first-order valence-electron chi connectivity index (χ1n) is 8.09. The number of aryl methyl sites for hydroxylation is 1. The second kappa shape index (κ2) is 6.61. The van der Waals surface area contributed by atoms with Crippen molar-refractivity contribution in [1.82, 2.24) is 14.6 Å². The molecule has 4 aromatic rings. The third-order valence-electron chi connectivity index (χ3n) is 4.11. The van der Waals surface area contributed by atoms with Gasteiger partial charge in [-0.25, -0.2) is 9.50 Å². The summed E-state index contributed by atoms with van der Waals surface area (Å²) in [5, 5.41) is 7.84. The highest BCUT2D eigenvalue weighted by Crippen LogP contribution is 2.28. The number of aromatic nitrogens is 3. The summed E-state index contributed by atoms with van der Waals surface area (Å²) in [5.41, 5.74) is 4.34. The van der Waals surface area contributed by atoms with Crippen LogP contribution in [0.2, 0.25) is 5.02 Å². The average molecular weight is 363 g/mol. The molecule has 1 N–H and O–H groups in total. The summed E-state index contributed by atoms with van der Waals surface area (Å²) in [6, 6.07) is 16.9. The maximum absolute atomic E-state index is 12.7. The second-order valence-electron chi connectivity index (χ2n) is 5.92. The number of halogens is 1. The quantitative estimate of drug-likeness (QED) is 0.579. The summed E-state index contributed by atoms with van der Waals surface area (Å²) >= 11 is 6.31. The zero-order valence-corrected chi connectivity index (χ0v) is 14.7. The Morgan fingerprint density at radius 2 is 1.85 bits per heavy atom. The van der Waals surface area contributed by atoms with Gasteiger partial charge in [0.2, 0.25) is 0 Å². The number of fused-ring (bicyclic) bond motifs is 1. The van der Waals surface area contributed by atoms with Gasteiger partial charge < -0.3 is 5.32 Å². The van der Waals surface area contributed by atoms with E-state index in [-0.39, 0.29) is 5.91 Å². The molecule has 128 valence electrons. The number of carbonyl (C=O) groups excluding carboxylic acids is 1. The van der Waals surface area contributed by atoms with Gasteiger partial charge in [-0.1, -0.05) is 47.5 Å². The van der Waals surface area contributed by atoms with Crippen molar-refractivity contribution in [2.45, 2.75) is 6.92 Å². The Labute approximate surface area is 155 Å². The van der Waals surface area contributed by atoms with E-state index < -0.39 is 0 Å². The van der Waals surface area contributed by atoms with E-state index in [0.717, 1.165) is 22.5 Å². The zero-order valence-electron chi connectivity index (χ0n) is 14.0. The minimum absolute atomic E-state index is 0.257. The topological polar surface area (TPSA) is 59.3 Å². The average Bonchev–Trinajstić information content (AvgIpc) is 3.08. The first-order valence-corrected chi connectivity index (χ1v) is 8.47. The molecule has 2 aromatic carbocycles. The van der Waals surface area contributed by atoms with Crippen molar-refractivity contribution in [3.05, 3.63) is 83.1 Å². The predicted octanol–water partition coefficient (Wildman–Crippen LogP) is 4.61. The Morgan fingerprint density at radius 1 is 1.08 bits per heavy atom. The number of benzene rings is 2. The van der Waals surface area contributed by atoms with Crippen LogP contribution in [-0.4, -0.2) is 20.5 Å². The maximum Gasteiger partial charge on any atom is 0.261 e. The van der Waals surface area contributed by atoms with Crippen LogP contribution in [0.4, 0.5) is 5.69 Å². The number of amides is 1. The Bertz CT molecular complexity index is 1100. The SMILES string of the molecule is Cc1ccc(NC(=O)c2cnn3c(-c4ccccc4Cl)ccnc23)cc1. The lowest BCUT2D eigenvalue weighted by atomic mass is 10.1. The van der Waals surface area contributed by atoms with Gasteiger partial charge >= 0.3 is 0 Å². The van der Waals surface area contributed by atoms with Gasteiger partial charge in [0.25, 0.3) is 5.91 Å². The summed E-state index contributed by atoms with van der Waals surface area (Å²) in [4.78, 5) is 17.0. The van der Waals surface area contributed by atoms with Crippen molar-refractivity contribution in [3.63, 3.8) is 0 Å². The van der Waals surface area contributed by atoms with Gasteiger partial charge in [-0.15, -0.1) is 0 Å². The van der Waals surface area contributed by atoms with Crippen molar-refractivity contribution < 1.29 is 4.79 Å². The van der Waals surface area contributed by atoms with Gasteiger partial charge in [-0.3, -0.25) is 4.79 Å². The normalized spacial score (nSPS) is 10.8. The molecule has 2 heterocycles. The number of hydrogen-bond acceptors (Lipinski definition) is 3. The minimum Gasteiger partial charge on any atom is -0.322 e. The summed E-state index contributed by atoms with van der Waals surface area (Å²) in [5.74, 6) is -0.257. The number of rotatable bonds is 3. The molecule has 6 heteroatoms. The highest BCUT2D eigenvalue weighted by Gasteiger charge is 2.17. The van der Waals surface area contributed by atoms with Crippen molar-refractivity contribution in [2.75, 3.05) is 5.32 Å². The van der Waals surface area contributed by atoms with Crippen LogP contribution in [0.1, 0.15) is 15.9 Å². The van der Waals surface area contributed by atoms with E-state index >= 15 is 0 Å². The van der Waals surface area contributed by atoms with Crippen LogP contribution in [-0.2, 0) is 0 Å². The molecule has 1 amide bonds. The highest BCUT2D eigenvalue weighted by atomic mass is 35.5. The van der Waals surface area contributed by atoms with Gasteiger partial charge in [0.15, 0.2) is 5.65 Å². The van der Waals surface area contributed by atoms with Gasteiger partial charge in [0.05, 0.1) is 11.9 Å². The molecule has 0 spiro atoms. The Morgan fingerprint density at radius 3 is 2.62 bits per heavy atom. The fraction of sp³-hybridized carbons (Fsp3) is 0.0500. The molecule has 0 atom stereocenters. The first-order chi connectivity index (χ1) is 12.6. The van der Waals surface area contributed by atoms with E-state index in [2.05, 4.69) is 15.4 Å². The number of carbonyl (C=O) groups is 1. The third-order valence-corrected chi connectivity index (χ3v) is 4.43. The van der Waals surface area contributed by atoms with Gasteiger partial charge in [0.1, 0.15) is 5.56 Å². The lowest BCUT2D eigenvalue weighted by molar-refractivity contribution is 0.102. The largest absolute Gasteiger partial charge is 0.322 e. The zero-order chi connectivity index (χ0) is 18.1. The molecule has 0 aliphatic rings.